The molecule has 0 saturated carbocycles. The molecule has 0 bridgehead atoms. The van der Waals surface area contributed by atoms with Crippen LogP contribution in [-0.2, 0) is 6.42 Å². The standard InChI is InChI=1S/C16H28N4O2S/c1-12-10-19(11-16(3,4)22)7-8-20(12)15(21)17-6-5-14-18-9-13(2)23-14/h9,12,22H,5-8,10-11H2,1-4H3,(H,17,21)/t12-/m0/s1. The van der Waals surface area contributed by atoms with Crippen molar-refractivity contribution in [2.45, 2.75) is 45.8 Å². The van der Waals surface area contributed by atoms with Crippen LogP contribution >= 0.6 is 11.3 Å². The van der Waals surface area contributed by atoms with E-state index >= 15 is 0 Å². The Labute approximate surface area is 142 Å². The van der Waals surface area contributed by atoms with Gasteiger partial charge in [-0.1, -0.05) is 0 Å². The molecule has 130 valence electrons. The third-order valence-corrected chi connectivity index (χ3v) is 4.84. The Morgan fingerprint density at radius 1 is 1.52 bits per heavy atom. The maximum absolute atomic E-state index is 12.3. The van der Waals surface area contributed by atoms with Crippen LogP contribution in [0.5, 0.6) is 0 Å². The first-order chi connectivity index (χ1) is 10.7. The number of β-amino-alcohol motifs (C(OH)–C–C–N with tert-alkyl or cyclic N) is 1. The Morgan fingerprint density at radius 2 is 2.26 bits per heavy atom. The largest absolute Gasteiger partial charge is 0.389 e. The lowest BCUT2D eigenvalue weighted by molar-refractivity contribution is 0.0119. The van der Waals surface area contributed by atoms with Gasteiger partial charge in [0.1, 0.15) is 0 Å². The number of carbonyl (C=O) groups excluding carboxylic acids is 1. The van der Waals surface area contributed by atoms with Crippen LogP contribution < -0.4 is 5.32 Å². The minimum absolute atomic E-state index is 0.00585. The molecular formula is C16H28N4O2S. The minimum atomic E-state index is -0.698. The lowest BCUT2D eigenvalue weighted by atomic mass is 10.1. The van der Waals surface area contributed by atoms with Gasteiger partial charge in [-0.05, 0) is 27.7 Å². The van der Waals surface area contributed by atoms with E-state index in [2.05, 4.69) is 22.1 Å². The minimum Gasteiger partial charge on any atom is -0.389 e. The van der Waals surface area contributed by atoms with Crippen molar-refractivity contribution in [3.8, 4) is 0 Å². The van der Waals surface area contributed by atoms with Crippen molar-refractivity contribution in [2.75, 3.05) is 32.7 Å². The number of aliphatic hydroxyl groups is 1. The first kappa shape index (κ1) is 18.2. The summed E-state index contributed by atoms with van der Waals surface area (Å²) in [6.07, 6.45) is 2.64. The highest BCUT2D eigenvalue weighted by Crippen LogP contribution is 2.14. The quantitative estimate of drug-likeness (QED) is 0.852. The summed E-state index contributed by atoms with van der Waals surface area (Å²) in [4.78, 5) is 21.9. The molecule has 1 aromatic heterocycles. The van der Waals surface area contributed by atoms with Crippen LogP contribution in [0.3, 0.4) is 0 Å². The van der Waals surface area contributed by atoms with E-state index in [1.54, 1.807) is 11.3 Å². The SMILES string of the molecule is Cc1cnc(CCNC(=O)N2CCN(CC(C)(C)O)C[C@@H]2C)s1. The van der Waals surface area contributed by atoms with Crippen molar-refractivity contribution < 1.29 is 9.90 Å². The van der Waals surface area contributed by atoms with Crippen molar-refractivity contribution in [1.82, 2.24) is 20.1 Å². The van der Waals surface area contributed by atoms with Crippen molar-refractivity contribution in [1.29, 1.82) is 0 Å². The molecule has 0 spiro atoms. The van der Waals surface area contributed by atoms with Crippen molar-refractivity contribution in [3.63, 3.8) is 0 Å². The molecular weight excluding hydrogens is 312 g/mol. The monoisotopic (exact) mass is 340 g/mol. The van der Waals surface area contributed by atoms with Gasteiger partial charge in [0.05, 0.1) is 10.6 Å². The molecule has 0 radical (unpaired) electrons. The van der Waals surface area contributed by atoms with E-state index in [0.29, 0.717) is 19.6 Å². The van der Waals surface area contributed by atoms with Crippen molar-refractivity contribution in [3.05, 3.63) is 16.1 Å². The normalized spacial score (nSPS) is 19.9. The number of piperazine rings is 1. The fraction of sp³-hybridized carbons (Fsp3) is 0.750. The van der Waals surface area contributed by atoms with Gasteiger partial charge in [0.15, 0.2) is 0 Å². The molecule has 6 nitrogen and oxygen atoms in total. The van der Waals surface area contributed by atoms with Gasteiger partial charge >= 0.3 is 6.03 Å². The first-order valence-corrected chi connectivity index (χ1v) is 8.97. The van der Waals surface area contributed by atoms with E-state index < -0.39 is 5.60 Å². The van der Waals surface area contributed by atoms with E-state index in [1.165, 1.54) is 4.88 Å². The maximum atomic E-state index is 12.3. The highest BCUT2D eigenvalue weighted by atomic mass is 32.1. The summed E-state index contributed by atoms with van der Waals surface area (Å²) in [7, 11) is 0. The second kappa shape index (κ2) is 7.59. The van der Waals surface area contributed by atoms with E-state index in [9.17, 15) is 9.90 Å². The fourth-order valence-electron chi connectivity index (χ4n) is 2.92. The van der Waals surface area contributed by atoms with Crippen molar-refractivity contribution in [2.24, 2.45) is 0 Å². The summed E-state index contributed by atoms with van der Waals surface area (Å²) in [5.41, 5.74) is -0.698. The van der Waals surface area contributed by atoms with E-state index in [1.807, 2.05) is 31.9 Å². The van der Waals surface area contributed by atoms with Crippen LogP contribution in [-0.4, -0.2) is 70.3 Å². The predicted molar refractivity (Wildman–Crippen MR) is 92.9 cm³/mol. The second-order valence-electron chi connectivity index (χ2n) is 6.94. The average molecular weight is 340 g/mol. The van der Waals surface area contributed by atoms with Crippen LogP contribution in [0.15, 0.2) is 6.20 Å². The van der Waals surface area contributed by atoms with Gasteiger partial charge in [-0.2, -0.15) is 0 Å². The van der Waals surface area contributed by atoms with E-state index in [0.717, 1.165) is 24.5 Å². The lowest BCUT2D eigenvalue weighted by Gasteiger charge is -2.41. The molecule has 0 aliphatic carbocycles. The molecule has 7 heteroatoms. The topological polar surface area (TPSA) is 68.7 Å². The molecule has 2 amide bonds. The van der Waals surface area contributed by atoms with Gasteiger partial charge in [0.2, 0.25) is 0 Å². The molecule has 0 unspecified atom stereocenters. The van der Waals surface area contributed by atoms with Gasteiger partial charge in [-0.15, -0.1) is 11.3 Å². The highest BCUT2D eigenvalue weighted by Gasteiger charge is 2.29. The average Bonchev–Trinajstić information content (AvgIpc) is 2.82. The van der Waals surface area contributed by atoms with Gasteiger partial charge in [-0.3, -0.25) is 4.90 Å². The summed E-state index contributed by atoms with van der Waals surface area (Å²) in [6, 6.07) is 0.141. The number of urea groups is 1. The number of carbonyl (C=O) groups is 1. The smallest absolute Gasteiger partial charge is 0.317 e. The summed E-state index contributed by atoms with van der Waals surface area (Å²) in [6.45, 7) is 11.3. The van der Waals surface area contributed by atoms with Gasteiger partial charge in [0.25, 0.3) is 0 Å². The first-order valence-electron chi connectivity index (χ1n) is 8.15. The van der Waals surface area contributed by atoms with Crippen LogP contribution in [0.1, 0.15) is 30.7 Å². The molecule has 1 aliphatic rings. The molecule has 1 fully saturated rings. The van der Waals surface area contributed by atoms with Crippen LogP contribution in [0.2, 0.25) is 0 Å². The van der Waals surface area contributed by atoms with Gasteiger partial charge in [0, 0.05) is 56.3 Å². The summed E-state index contributed by atoms with van der Waals surface area (Å²) in [5, 5.41) is 14.0. The Bertz CT molecular complexity index is 526. The number of hydrogen-bond donors (Lipinski definition) is 2. The molecule has 1 aromatic rings. The van der Waals surface area contributed by atoms with E-state index in [4.69, 9.17) is 0 Å². The number of hydrogen-bond acceptors (Lipinski definition) is 5. The third-order valence-electron chi connectivity index (χ3n) is 3.87. The molecule has 2 heterocycles. The molecule has 1 aliphatic heterocycles. The number of nitrogens with one attached hydrogen (secondary N) is 1. The second-order valence-corrected chi connectivity index (χ2v) is 8.26. The number of aryl methyl sites for hydroxylation is 1. The molecule has 2 rings (SSSR count). The predicted octanol–water partition coefficient (Wildman–Crippen LogP) is 1.48. The summed E-state index contributed by atoms with van der Waals surface area (Å²) in [5.74, 6) is 0. The zero-order chi connectivity index (χ0) is 17.0. The number of rotatable bonds is 5. The lowest BCUT2D eigenvalue weighted by Crippen LogP contribution is -2.58. The highest BCUT2D eigenvalue weighted by molar-refractivity contribution is 7.11. The number of nitrogens with zero attached hydrogens (tertiary/aromatic N) is 3. The number of amides is 2. The van der Waals surface area contributed by atoms with Crippen molar-refractivity contribution >= 4 is 17.4 Å². The van der Waals surface area contributed by atoms with Gasteiger partial charge < -0.3 is 15.3 Å². The number of aromatic nitrogens is 1. The molecule has 1 atom stereocenters. The molecule has 1 saturated heterocycles. The van der Waals surface area contributed by atoms with Crippen LogP contribution in [0, 0.1) is 6.92 Å². The third kappa shape index (κ3) is 5.75. The fourth-order valence-corrected chi connectivity index (χ4v) is 3.71. The molecule has 23 heavy (non-hydrogen) atoms. The maximum Gasteiger partial charge on any atom is 0.317 e. The number of thiazole rings is 1. The Balaban J connectivity index is 1.75. The van der Waals surface area contributed by atoms with E-state index in [-0.39, 0.29) is 12.1 Å². The zero-order valence-electron chi connectivity index (χ0n) is 14.5. The molecule has 0 aromatic carbocycles. The summed E-state index contributed by atoms with van der Waals surface area (Å²) >= 11 is 1.67. The van der Waals surface area contributed by atoms with Gasteiger partial charge in [-0.25, -0.2) is 9.78 Å². The zero-order valence-corrected chi connectivity index (χ0v) is 15.3. The van der Waals surface area contributed by atoms with Crippen LogP contribution in [0.25, 0.3) is 0 Å². The Morgan fingerprint density at radius 3 is 2.83 bits per heavy atom. The Hall–Kier alpha value is -1.18. The Kier molecular flexibility index (Phi) is 6.00. The molecule has 2 N–H and O–H groups in total. The summed E-state index contributed by atoms with van der Waals surface area (Å²) < 4.78 is 0. The van der Waals surface area contributed by atoms with Crippen LogP contribution in [0.4, 0.5) is 4.79 Å².